The predicted octanol–water partition coefficient (Wildman–Crippen LogP) is 5.08. The molecule has 0 atom stereocenters. The number of nitrogens with one attached hydrogen (secondary N) is 1. The van der Waals surface area contributed by atoms with Crippen LogP contribution in [0.4, 0.5) is 5.69 Å². The molecule has 4 aromatic rings. The fourth-order valence-electron chi connectivity index (χ4n) is 4.79. The number of aldehydes is 1. The predicted molar refractivity (Wildman–Crippen MR) is 132 cm³/mol. The number of fused-ring (bicyclic) bond motifs is 1. The van der Waals surface area contributed by atoms with E-state index in [-0.39, 0.29) is 0 Å². The maximum absolute atomic E-state index is 11.0. The van der Waals surface area contributed by atoms with Gasteiger partial charge in [-0.15, -0.1) is 0 Å². The molecule has 3 heterocycles. The van der Waals surface area contributed by atoms with Crippen molar-refractivity contribution < 1.29 is 4.79 Å². The van der Waals surface area contributed by atoms with Gasteiger partial charge in [0.15, 0.2) is 0 Å². The third kappa shape index (κ3) is 3.69. The Bertz CT molecular complexity index is 1260. The maximum Gasteiger partial charge on any atom is 0.150 e. The third-order valence-electron chi connectivity index (χ3n) is 6.53. The zero-order valence-electron chi connectivity index (χ0n) is 18.9. The first-order valence-corrected chi connectivity index (χ1v) is 11.1. The summed E-state index contributed by atoms with van der Waals surface area (Å²) in [7, 11) is 2.19. The van der Waals surface area contributed by atoms with E-state index in [1.807, 2.05) is 36.7 Å². The smallest absolute Gasteiger partial charge is 0.150 e. The van der Waals surface area contributed by atoms with Gasteiger partial charge in [0.25, 0.3) is 0 Å². The SMILES string of the molecule is Cc1cc(-c2cnc3[nH]cc(-c4ccc(C=O)cc4)c3c2)cc(C)c1N1CCN(C)CC1. The van der Waals surface area contributed by atoms with Crippen LogP contribution in [-0.4, -0.2) is 54.4 Å². The molecule has 0 bridgehead atoms. The number of likely N-dealkylation sites (N-methyl/N-ethyl adjacent to an activating group) is 1. The summed E-state index contributed by atoms with van der Waals surface area (Å²) in [4.78, 5) is 23.9. The Balaban J connectivity index is 1.52. The van der Waals surface area contributed by atoms with E-state index in [0.717, 1.165) is 60.2 Å². The number of H-pyrrole nitrogens is 1. The van der Waals surface area contributed by atoms with Crippen molar-refractivity contribution in [1.29, 1.82) is 0 Å². The monoisotopic (exact) mass is 424 g/mol. The molecule has 0 amide bonds. The summed E-state index contributed by atoms with van der Waals surface area (Å²) in [6.45, 7) is 8.77. The second-order valence-corrected chi connectivity index (χ2v) is 8.81. The van der Waals surface area contributed by atoms with E-state index in [0.29, 0.717) is 5.56 Å². The van der Waals surface area contributed by atoms with E-state index in [4.69, 9.17) is 0 Å². The number of carbonyl (C=O) groups is 1. The number of aromatic amines is 1. The molecule has 0 unspecified atom stereocenters. The summed E-state index contributed by atoms with van der Waals surface area (Å²) in [6, 6.07) is 14.5. The molecule has 1 fully saturated rings. The van der Waals surface area contributed by atoms with E-state index in [1.165, 1.54) is 22.4 Å². The molecule has 5 heteroatoms. The number of hydrogen-bond acceptors (Lipinski definition) is 4. The molecule has 32 heavy (non-hydrogen) atoms. The Labute approximate surface area is 188 Å². The number of aryl methyl sites for hydroxylation is 2. The normalized spacial score (nSPS) is 14.8. The van der Waals surface area contributed by atoms with Crippen molar-refractivity contribution in [3.05, 3.63) is 71.5 Å². The highest BCUT2D eigenvalue weighted by Crippen LogP contribution is 2.34. The molecule has 0 saturated carbocycles. The van der Waals surface area contributed by atoms with Crippen LogP contribution < -0.4 is 4.90 Å². The standard InChI is InChI=1S/C27H28N4O/c1-18-12-22(13-19(2)26(18)31-10-8-30(3)9-11-31)23-14-24-25(16-29-27(24)28-15-23)21-6-4-20(17-32)5-7-21/h4-7,12-17H,8-11H2,1-3H3,(H,28,29). The maximum atomic E-state index is 11.0. The summed E-state index contributed by atoms with van der Waals surface area (Å²) >= 11 is 0. The average Bonchev–Trinajstić information content (AvgIpc) is 3.23. The van der Waals surface area contributed by atoms with Gasteiger partial charge < -0.3 is 14.8 Å². The molecule has 0 spiro atoms. The number of rotatable bonds is 4. The van der Waals surface area contributed by atoms with Crippen LogP contribution in [0.1, 0.15) is 21.5 Å². The first-order chi connectivity index (χ1) is 15.5. The van der Waals surface area contributed by atoms with Gasteiger partial charge in [-0.3, -0.25) is 4.79 Å². The molecular weight excluding hydrogens is 396 g/mol. The zero-order chi connectivity index (χ0) is 22.2. The van der Waals surface area contributed by atoms with Crippen LogP contribution in [-0.2, 0) is 0 Å². The van der Waals surface area contributed by atoms with Crippen molar-refractivity contribution in [2.45, 2.75) is 13.8 Å². The summed E-state index contributed by atoms with van der Waals surface area (Å²) in [5.74, 6) is 0. The van der Waals surface area contributed by atoms with Crippen LogP contribution in [0, 0.1) is 13.8 Å². The fourth-order valence-corrected chi connectivity index (χ4v) is 4.79. The minimum Gasteiger partial charge on any atom is -0.369 e. The Morgan fingerprint density at radius 1 is 0.906 bits per heavy atom. The molecule has 5 nitrogen and oxygen atoms in total. The van der Waals surface area contributed by atoms with Crippen LogP contribution in [0.5, 0.6) is 0 Å². The first kappa shape index (κ1) is 20.5. The number of pyridine rings is 1. The van der Waals surface area contributed by atoms with Gasteiger partial charge in [-0.1, -0.05) is 24.3 Å². The quantitative estimate of drug-likeness (QED) is 0.464. The molecule has 2 aromatic carbocycles. The topological polar surface area (TPSA) is 52.2 Å². The van der Waals surface area contributed by atoms with Crippen LogP contribution in [0.3, 0.4) is 0 Å². The molecular formula is C27H28N4O. The molecule has 1 N–H and O–H groups in total. The van der Waals surface area contributed by atoms with Crippen LogP contribution in [0.25, 0.3) is 33.3 Å². The second kappa shape index (κ2) is 8.24. The lowest BCUT2D eigenvalue weighted by Gasteiger charge is -2.36. The number of anilines is 1. The number of hydrogen-bond donors (Lipinski definition) is 1. The Hall–Kier alpha value is -3.44. The Morgan fingerprint density at radius 3 is 2.25 bits per heavy atom. The first-order valence-electron chi connectivity index (χ1n) is 11.1. The number of nitrogens with zero attached hydrogens (tertiary/aromatic N) is 3. The second-order valence-electron chi connectivity index (χ2n) is 8.81. The third-order valence-corrected chi connectivity index (χ3v) is 6.53. The fraction of sp³-hybridized carbons (Fsp3) is 0.259. The number of piperazine rings is 1. The summed E-state index contributed by atoms with van der Waals surface area (Å²) in [5, 5.41) is 1.08. The van der Waals surface area contributed by atoms with Gasteiger partial charge in [0, 0.05) is 66.3 Å². The van der Waals surface area contributed by atoms with Crippen LogP contribution in [0.2, 0.25) is 0 Å². The molecule has 0 radical (unpaired) electrons. The van der Waals surface area contributed by atoms with Crippen molar-refractivity contribution in [2.75, 3.05) is 38.1 Å². The molecule has 162 valence electrons. The molecule has 0 aliphatic carbocycles. The Kier molecular flexibility index (Phi) is 5.27. The summed E-state index contributed by atoms with van der Waals surface area (Å²) in [5.41, 5.74) is 9.99. The molecule has 1 saturated heterocycles. The lowest BCUT2D eigenvalue weighted by Crippen LogP contribution is -2.45. The molecule has 2 aromatic heterocycles. The van der Waals surface area contributed by atoms with Gasteiger partial charge in [0.05, 0.1) is 0 Å². The Morgan fingerprint density at radius 2 is 1.59 bits per heavy atom. The van der Waals surface area contributed by atoms with E-state index in [9.17, 15) is 4.79 Å². The largest absolute Gasteiger partial charge is 0.369 e. The van der Waals surface area contributed by atoms with Crippen molar-refractivity contribution >= 4 is 23.0 Å². The van der Waals surface area contributed by atoms with Gasteiger partial charge in [0.2, 0.25) is 0 Å². The van der Waals surface area contributed by atoms with Crippen molar-refractivity contribution in [1.82, 2.24) is 14.9 Å². The van der Waals surface area contributed by atoms with Crippen molar-refractivity contribution in [3.8, 4) is 22.3 Å². The lowest BCUT2D eigenvalue weighted by atomic mass is 9.97. The van der Waals surface area contributed by atoms with E-state index in [1.54, 1.807) is 0 Å². The zero-order valence-corrected chi connectivity index (χ0v) is 18.9. The van der Waals surface area contributed by atoms with Gasteiger partial charge in [0.1, 0.15) is 11.9 Å². The van der Waals surface area contributed by atoms with Crippen molar-refractivity contribution in [2.24, 2.45) is 0 Å². The lowest BCUT2D eigenvalue weighted by molar-refractivity contribution is 0.112. The molecule has 1 aliphatic rings. The van der Waals surface area contributed by atoms with Gasteiger partial charge >= 0.3 is 0 Å². The van der Waals surface area contributed by atoms with Gasteiger partial charge in [-0.2, -0.15) is 0 Å². The van der Waals surface area contributed by atoms with E-state index < -0.39 is 0 Å². The van der Waals surface area contributed by atoms with E-state index in [2.05, 4.69) is 58.9 Å². The number of aromatic nitrogens is 2. The highest BCUT2D eigenvalue weighted by molar-refractivity contribution is 5.96. The van der Waals surface area contributed by atoms with Crippen molar-refractivity contribution in [3.63, 3.8) is 0 Å². The minimum atomic E-state index is 0.679. The number of carbonyl (C=O) groups excluding carboxylic acids is 1. The highest BCUT2D eigenvalue weighted by atomic mass is 16.1. The van der Waals surface area contributed by atoms with E-state index >= 15 is 0 Å². The molecule has 5 rings (SSSR count). The highest BCUT2D eigenvalue weighted by Gasteiger charge is 2.19. The molecule has 1 aliphatic heterocycles. The summed E-state index contributed by atoms with van der Waals surface area (Å²) < 4.78 is 0. The average molecular weight is 425 g/mol. The summed E-state index contributed by atoms with van der Waals surface area (Å²) in [6.07, 6.45) is 4.81. The van der Waals surface area contributed by atoms with Gasteiger partial charge in [-0.05, 0) is 61.3 Å². The number of benzene rings is 2. The van der Waals surface area contributed by atoms with Crippen LogP contribution >= 0.6 is 0 Å². The van der Waals surface area contributed by atoms with Gasteiger partial charge in [-0.25, -0.2) is 4.98 Å². The van der Waals surface area contributed by atoms with Crippen LogP contribution in [0.15, 0.2) is 54.9 Å². The minimum absolute atomic E-state index is 0.679.